The molecule has 0 saturated heterocycles. The molecule has 6 heteroatoms. The molecular weight excluding hydrogens is 374 g/mol. The second kappa shape index (κ2) is 7.66. The highest BCUT2D eigenvalue weighted by Crippen LogP contribution is 2.30. The van der Waals surface area contributed by atoms with Gasteiger partial charge < -0.3 is 9.47 Å². The predicted molar refractivity (Wildman–Crippen MR) is 97.2 cm³/mol. The minimum Gasteiger partial charge on any atom is -0.496 e. The van der Waals surface area contributed by atoms with Crippen molar-refractivity contribution in [3.63, 3.8) is 0 Å². The van der Waals surface area contributed by atoms with Crippen molar-refractivity contribution in [3.05, 3.63) is 63.7 Å². The van der Waals surface area contributed by atoms with Gasteiger partial charge in [0.05, 0.1) is 12.0 Å². The molecule has 0 N–H and O–H groups in total. The maximum absolute atomic E-state index is 10.7. The molecule has 128 valence electrons. The topological polar surface area (TPSA) is 61.6 Å². The van der Waals surface area contributed by atoms with Crippen molar-refractivity contribution in [2.45, 2.75) is 25.9 Å². The van der Waals surface area contributed by atoms with Crippen LogP contribution in [0.3, 0.4) is 0 Å². The standard InChI is InChI=1S/C18H20BrNO4/c1-18(2,12-19)14-4-9-17(23-3)13(10-14)11-24-16-7-5-15(6-8-16)20(21)22/h4-10H,11-12H2,1-3H3. The molecule has 0 aliphatic heterocycles. The lowest BCUT2D eigenvalue weighted by atomic mass is 9.86. The van der Waals surface area contributed by atoms with Gasteiger partial charge in [-0.05, 0) is 35.2 Å². The molecule has 0 unspecified atom stereocenters. The van der Waals surface area contributed by atoms with Crippen LogP contribution in [0, 0.1) is 10.1 Å². The first-order chi connectivity index (χ1) is 11.4. The molecule has 0 bridgehead atoms. The van der Waals surface area contributed by atoms with Gasteiger partial charge in [0.1, 0.15) is 18.1 Å². The van der Waals surface area contributed by atoms with Crippen LogP contribution in [0.25, 0.3) is 0 Å². The molecule has 24 heavy (non-hydrogen) atoms. The van der Waals surface area contributed by atoms with E-state index in [1.165, 1.54) is 17.7 Å². The predicted octanol–water partition coefficient (Wildman–Crippen LogP) is 4.85. The molecule has 0 aliphatic carbocycles. The van der Waals surface area contributed by atoms with Crippen LogP contribution >= 0.6 is 15.9 Å². The zero-order valence-electron chi connectivity index (χ0n) is 13.9. The number of nitrogens with zero attached hydrogens (tertiary/aromatic N) is 1. The van der Waals surface area contributed by atoms with E-state index >= 15 is 0 Å². The third-order valence-electron chi connectivity index (χ3n) is 3.84. The van der Waals surface area contributed by atoms with Crippen molar-refractivity contribution in [1.29, 1.82) is 0 Å². The Labute approximate surface area is 149 Å². The molecule has 0 amide bonds. The number of hydrogen-bond acceptors (Lipinski definition) is 4. The maximum atomic E-state index is 10.7. The van der Waals surface area contributed by atoms with Gasteiger partial charge in [0.15, 0.2) is 0 Å². The van der Waals surface area contributed by atoms with Gasteiger partial charge in [0.2, 0.25) is 0 Å². The highest BCUT2D eigenvalue weighted by atomic mass is 79.9. The summed E-state index contributed by atoms with van der Waals surface area (Å²) in [6.45, 7) is 4.64. The fourth-order valence-electron chi connectivity index (χ4n) is 2.21. The Morgan fingerprint density at radius 1 is 1.17 bits per heavy atom. The average molecular weight is 394 g/mol. The highest BCUT2D eigenvalue weighted by Gasteiger charge is 2.20. The van der Waals surface area contributed by atoms with Crippen molar-refractivity contribution in [3.8, 4) is 11.5 Å². The number of halogens is 1. The number of non-ortho nitro benzene ring substituents is 1. The Balaban J connectivity index is 2.18. The van der Waals surface area contributed by atoms with Crippen LogP contribution in [0.15, 0.2) is 42.5 Å². The summed E-state index contributed by atoms with van der Waals surface area (Å²) < 4.78 is 11.2. The zero-order chi connectivity index (χ0) is 17.7. The SMILES string of the molecule is COc1ccc(C(C)(C)CBr)cc1COc1ccc([N+](=O)[O-])cc1. The molecule has 2 rings (SSSR count). The smallest absolute Gasteiger partial charge is 0.269 e. The van der Waals surface area contributed by atoms with Crippen molar-refractivity contribution in [1.82, 2.24) is 0 Å². The van der Waals surface area contributed by atoms with Crippen molar-refractivity contribution in [2.75, 3.05) is 12.4 Å². The molecule has 0 radical (unpaired) electrons. The second-order valence-electron chi connectivity index (χ2n) is 6.08. The lowest BCUT2D eigenvalue weighted by Gasteiger charge is -2.24. The summed E-state index contributed by atoms with van der Waals surface area (Å²) in [4.78, 5) is 10.2. The van der Waals surface area contributed by atoms with E-state index in [4.69, 9.17) is 9.47 Å². The number of nitro benzene ring substituents is 1. The van der Waals surface area contributed by atoms with Crippen molar-refractivity contribution < 1.29 is 14.4 Å². The monoisotopic (exact) mass is 393 g/mol. The summed E-state index contributed by atoms with van der Waals surface area (Å²) in [6, 6.07) is 12.1. The minimum absolute atomic E-state index is 0.00558. The molecule has 0 atom stereocenters. The largest absolute Gasteiger partial charge is 0.496 e. The van der Waals surface area contributed by atoms with E-state index in [0.29, 0.717) is 12.4 Å². The molecule has 2 aromatic carbocycles. The Kier molecular flexibility index (Phi) is 5.83. The number of benzene rings is 2. The fourth-order valence-corrected chi connectivity index (χ4v) is 2.54. The van der Waals surface area contributed by atoms with Crippen molar-refractivity contribution in [2.24, 2.45) is 0 Å². The van der Waals surface area contributed by atoms with Gasteiger partial charge >= 0.3 is 0 Å². The third kappa shape index (κ3) is 4.26. The first-order valence-corrected chi connectivity index (χ1v) is 8.60. The van der Waals surface area contributed by atoms with Crippen LogP contribution in [0.5, 0.6) is 11.5 Å². The van der Waals surface area contributed by atoms with Crippen LogP contribution in [-0.2, 0) is 12.0 Å². The molecule has 5 nitrogen and oxygen atoms in total. The summed E-state index contributed by atoms with van der Waals surface area (Å²) in [5, 5.41) is 11.5. The van der Waals surface area contributed by atoms with Crippen LogP contribution in [0.4, 0.5) is 5.69 Å². The third-order valence-corrected chi connectivity index (χ3v) is 5.24. The molecule has 0 heterocycles. The van der Waals surface area contributed by atoms with Gasteiger partial charge in [-0.1, -0.05) is 35.8 Å². The van der Waals surface area contributed by atoms with E-state index in [1.807, 2.05) is 6.07 Å². The highest BCUT2D eigenvalue weighted by molar-refractivity contribution is 9.09. The van der Waals surface area contributed by atoms with E-state index in [0.717, 1.165) is 16.6 Å². The molecule has 2 aromatic rings. The summed E-state index contributed by atoms with van der Waals surface area (Å²) in [5.41, 5.74) is 2.15. The van der Waals surface area contributed by atoms with Gasteiger partial charge in [0, 0.05) is 23.0 Å². The van der Waals surface area contributed by atoms with E-state index < -0.39 is 4.92 Å². The number of alkyl halides is 1. The molecular formula is C18H20BrNO4. The van der Waals surface area contributed by atoms with E-state index in [2.05, 4.69) is 41.9 Å². The van der Waals surface area contributed by atoms with Crippen LogP contribution in [0.1, 0.15) is 25.0 Å². The molecule has 0 aromatic heterocycles. The Bertz CT molecular complexity index is 713. The average Bonchev–Trinajstić information content (AvgIpc) is 2.59. The quantitative estimate of drug-likeness (QED) is 0.383. The number of methoxy groups -OCH3 is 1. The molecule has 0 spiro atoms. The maximum Gasteiger partial charge on any atom is 0.269 e. The lowest BCUT2D eigenvalue weighted by Crippen LogP contribution is -2.19. The number of ether oxygens (including phenoxy) is 2. The first-order valence-electron chi connectivity index (χ1n) is 7.48. The van der Waals surface area contributed by atoms with Gasteiger partial charge in [-0.15, -0.1) is 0 Å². The Hall–Kier alpha value is -2.08. The lowest BCUT2D eigenvalue weighted by molar-refractivity contribution is -0.384. The van der Waals surface area contributed by atoms with Crippen molar-refractivity contribution >= 4 is 21.6 Å². The zero-order valence-corrected chi connectivity index (χ0v) is 15.5. The first kappa shape index (κ1) is 18.3. The van der Waals surface area contributed by atoms with Crippen LogP contribution in [0.2, 0.25) is 0 Å². The van der Waals surface area contributed by atoms with Gasteiger partial charge in [-0.2, -0.15) is 0 Å². The molecule has 0 fully saturated rings. The summed E-state index contributed by atoms with van der Waals surface area (Å²) in [5.74, 6) is 1.33. The van der Waals surface area contributed by atoms with Gasteiger partial charge in [-0.25, -0.2) is 0 Å². The van der Waals surface area contributed by atoms with E-state index in [1.54, 1.807) is 19.2 Å². The summed E-state index contributed by atoms with van der Waals surface area (Å²) in [6.07, 6.45) is 0. The van der Waals surface area contributed by atoms with Crippen LogP contribution < -0.4 is 9.47 Å². The summed E-state index contributed by atoms with van der Waals surface area (Å²) in [7, 11) is 1.63. The Morgan fingerprint density at radius 3 is 2.38 bits per heavy atom. The van der Waals surface area contributed by atoms with Gasteiger partial charge in [-0.3, -0.25) is 10.1 Å². The number of rotatable bonds is 7. The minimum atomic E-state index is -0.432. The normalized spacial score (nSPS) is 11.2. The van der Waals surface area contributed by atoms with E-state index in [9.17, 15) is 10.1 Å². The van der Waals surface area contributed by atoms with Crippen LogP contribution in [-0.4, -0.2) is 17.4 Å². The molecule has 0 saturated carbocycles. The molecule has 0 aliphatic rings. The number of nitro groups is 1. The van der Waals surface area contributed by atoms with Gasteiger partial charge in [0.25, 0.3) is 5.69 Å². The fraction of sp³-hybridized carbons (Fsp3) is 0.333. The second-order valence-corrected chi connectivity index (χ2v) is 6.64. The Morgan fingerprint density at radius 2 is 1.83 bits per heavy atom. The summed E-state index contributed by atoms with van der Waals surface area (Å²) >= 11 is 3.54. The van der Waals surface area contributed by atoms with E-state index in [-0.39, 0.29) is 11.1 Å². The number of hydrogen-bond donors (Lipinski definition) is 0.